The maximum Gasteiger partial charge on any atom is 0.226 e. The molecule has 82 valence electrons. The van der Waals surface area contributed by atoms with Gasteiger partial charge in [0, 0.05) is 0 Å². The number of rotatable bonds is 0. The quantitative estimate of drug-likeness (QED) is 0.420. The largest absolute Gasteiger partial charge is 0.226 e. The molecule has 0 radical (unpaired) electrons. The number of aryl methyl sites for hydroxylation is 1. The monoisotopic (exact) mass is 226 g/mol. The van der Waals surface area contributed by atoms with Gasteiger partial charge in [0.25, 0.3) is 0 Å². The molecular weight excluding hydrogens is 220 g/mol. The summed E-state index contributed by atoms with van der Waals surface area (Å²) < 4.78 is 3.29. The van der Waals surface area contributed by atoms with Gasteiger partial charge in [0.1, 0.15) is 0 Å². The molecule has 0 aliphatic carbocycles. The highest BCUT2D eigenvalue weighted by Crippen LogP contribution is 2.18. The van der Waals surface area contributed by atoms with Gasteiger partial charge in [0.2, 0.25) is 11.3 Å². The van der Waals surface area contributed by atoms with Crippen molar-refractivity contribution in [3.63, 3.8) is 0 Å². The molecule has 4 rings (SSSR count). The SMILES string of the molecule is Cc1ccc2c(c1)n1nnnc1c1nnnn21. The van der Waals surface area contributed by atoms with Crippen molar-refractivity contribution < 1.29 is 0 Å². The third kappa shape index (κ3) is 0.961. The number of aromatic nitrogens is 8. The van der Waals surface area contributed by atoms with Gasteiger partial charge in [-0.2, -0.15) is 9.03 Å². The van der Waals surface area contributed by atoms with Gasteiger partial charge < -0.3 is 0 Å². The molecule has 0 amide bonds. The molecule has 0 aliphatic rings. The Morgan fingerprint density at radius 2 is 1.53 bits per heavy atom. The summed E-state index contributed by atoms with van der Waals surface area (Å²) in [6.07, 6.45) is 0. The van der Waals surface area contributed by atoms with Crippen molar-refractivity contribution in [1.82, 2.24) is 40.1 Å². The first-order valence-electron chi connectivity index (χ1n) is 5.03. The Bertz CT molecular complexity index is 857. The number of benzene rings is 1. The molecule has 4 aromatic rings. The van der Waals surface area contributed by atoms with E-state index in [1.54, 1.807) is 9.03 Å². The number of tetrazole rings is 2. The predicted octanol–water partition coefficient (Wildman–Crippen LogP) is 0.0236. The molecular formula is C9H6N8. The van der Waals surface area contributed by atoms with Crippen LogP contribution in [-0.2, 0) is 0 Å². The molecule has 0 atom stereocenters. The Labute approximate surface area is 93.8 Å². The van der Waals surface area contributed by atoms with E-state index in [1.165, 1.54) is 0 Å². The Morgan fingerprint density at radius 1 is 0.882 bits per heavy atom. The highest BCUT2D eigenvalue weighted by Gasteiger charge is 2.13. The van der Waals surface area contributed by atoms with Crippen molar-refractivity contribution in [3.8, 4) is 0 Å². The summed E-state index contributed by atoms with van der Waals surface area (Å²) in [4.78, 5) is 0. The van der Waals surface area contributed by atoms with Gasteiger partial charge in [0.15, 0.2) is 0 Å². The van der Waals surface area contributed by atoms with Crippen molar-refractivity contribution in [1.29, 1.82) is 0 Å². The van der Waals surface area contributed by atoms with Gasteiger partial charge in [-0.1, -0.05) is 6.07 Å². The summed E-state index contributed by atoms with van der Waals surface area (Å²) in [5.74, 6) is 0. The zero-order valence-corrected chi connectivity index (χ0v) is 8.81. The summed E-state index contributed by atoms with van der Waals surface area (Å²) in [6, 6.07) is 5.95. The molecule has 8 nitrogen and oxygen atoms in total. The van der Waals surface area contributed by atoms with Gasteiger partial charge in [-0.25, -0.2) is 0 Å². The van der Waals surface area contributed by atoms with Gasteiger partial charge in [-0.3, -0.25) is 0 Å². The third-order valence-electron chi connectivity index (χ3n) is 2.73. The average molecular weight is 226 g/mol. The molecule has 1 aromatic carbocycles. The summed E-state index contributed by atoms with van der Waals surface area (Å²) in [7, 11) is 0. The number of nitrogens with zero attached hydrogens (tertiary/aromatic N) is 8. The van der Waals surface area contributed by atoms with Crippen LogP contribution in [0.4, 0.5) is 0 Å². The highest BCUT2D eigenvalue weighted by molar-refractivity contribution is 5.84. The molecule has 3 heterocycles. The van der Waals surface area contributed by atoms with Crippen LogP contribution in [0.5, 0.6) is 0 Å². The van der Waals surface area contributed by atoms with Crippen LogP contribution in [0.2, 0.25) is 0 Å². The van der Waals surface area contributed by atoms with E-state index in [2.05, 4.69) is 31.1 Å². The Morgan fingerprint density at radius 3 is 2.24 bits per heavy atom. The Hall–Kier alpha value is -2.64. The molecule has 3 aromatic heterocycles. The Balaban J connectivity index is 2.45. The van der Waals surface area contributed by atoms with Crippen molar-refractivity contribution in [2.45, 2.75) is 6.92 Å². The molecule has 0 aliphatic heterocycles. The van der Waals surface area contributed by atoms with E-state index in [1.807, 2.05) is 25.1 Å². The topological polar surface area (TPSA) is 86.2 Å². The van der Waals surface area contributed by atoms with Crippen LogP contribution >= 0.6 is 0 Å². The zero-order chi connectivity index (χ0) is 11.4. The van der Waals surface area contributed by atoms with Crippen LogP contribution < -0.4 is 0 Å². The third-order valence-corrected chi connectivity index (χ3v) is 2.73. The molecule has 0 bridgehead atoms. The van der Waals surface area contributed by atoms with Crippen LogP contribution in [0, 0.1) is 6.92 Å². The second-order valence-electron chi connectivity index (χ2n) is 3.82. The highest BCUT2D eigenvalue weighted by atomic mass is 15.6. The minimum atomic E-state index is 0.548. The van der Waals surface area contributed by atoms with Crippen LogP contribution in [0.15, 0.2) is 18.2 Å². The summed E-state index contributed by atoms with van der Waals surface area (Å²) in [6.45, 7) is 2.01. The summed E-state index contributed by atoms with van der Waals surface area (Å²) in [5.41, 5.74) is 3.97. The standard InChI is InChI=1S/C9H6N8/c1-5-2-3-6-7(4-5)17-9(11-13-15-17)8-10-12-14-16(6)8/h2-4H,1H3. The second-order valence-corrected chi connectivity index (χ2v) is 3.82. The first kappa shape index (κ1) is 8.50. The fraction of sp³-hybridized carbons (Fsp3) is 0.111. The normalized spacial score (nSPS) is 11.8. The van der Waals surface area contributed by atoms with E-state index in [-0.39, 0.29) is 0 Å². The van der Waals surface area contributed by atoms with Crippen molar-refractivity contribution in [2.24, 2.45) is 0 Å². The van der Waals surface area contributed by atoms with E-state index in [9.17, 15) is 0 Å². The smallest absolute Gasteiger partial charge is 0.188 e. The lowest BCUT2D eigenvalue weighted by atomic mass is 10.2. The fourth-order valence-corrected chi connectivity index (χ4v) is 1.96. The van der Waals surface area contributed by atoms with E-state index < -0.39 is 0 Å². The van der Waals surface area contributed by atoms with Gasteiger partial charge in [-0.05, 0) is 45.5 Å². The van der Waals surface area contributed by atoms with Crippen LogP contribution in [0.1, 0.15) is 5.56 Å². The molecule has 0 fully saturated rings. The average Bonchev–Trinajstić information content (AvgIpc) is 2.97. The van der Waals surface area contributed by atoms with Crippen LogP contribution in [-0.4, -0.2) is 40.1 Å². The molecule has 0 unspecified atom stereocenters. The molecule has 0 spiro atoms. The lowest BCUT2D eigenvalue weighted by molar-refractivity contribution is 0.827. The number of fused-ring (bicyclic) bond motifs is 6. The molecule has 0 saturated heterocycles. The van der Waals surface area contributed by atoms with E-state index in [0.29, 0.717) is 11.3 Å². The fourth-order valence-electron chi connectivity index (χ4n) is 1.96. The predicted molar refractivity (Wildman–Crippen MR) is 57.4 cm³/mol. The summed E-state index contributed by atoms with van der Waals surface area (Å²) in [5, 5.41) is 23.1. The van der Waals surface area contributed by atoms with Crippen LogP contribution in [0.3, 0.4) is 0 Å². The maximum absolute atomic E-state index is 3.96. The number of hydrogen-bond acceptors (Lipinski definition) is 6. The molecule has 0 saturated carbocycles. The minimum absolute atomic E-state index is 0.548. The van der Waals surface area contributed by atoms with Gasteiger partial charge in [0.05, 0.1) is 11.0 Å². The number of hydrogen-bond donors (Lipinski definition) is 0. The van der Waals surface area contributed by atoms with E-state index >= 15 is 0 Å². The van der Waals surface area contributed by atoms with Crippen molar-refractivity contribution >= 4 is 22.3 Å². The van der Waals surface area contributed by atoms with E-state index in [4.69, 9.17) is 0 Å². The molecule has 8 heteroatoms. The van der Waals surface area contributed by atoms with Gasteiger partial charge in [-0.15, -0.1) is 10.2 Å². The lowest BCUT2D eigenvalue weighted by Crippen LogP contribution is -1.99. The van der Waals surface area contributed by atoms with Gasteiger partial charge >= 0.3 is 0 Å². The first-order chi connectivity index (χ1) is 8.34. The zero-order valence-electron chi connectivity index (χ0n) is 8.81. The Kier molecular flexibility index (Phi) is 1.36. The van der Waals surface area contributed by atoms with E-state index in [0.717, 1.165) is 16.6 Å². The molecule has 0 N–H and O–H groups in total. The maximum atomic E-state index is 3.96. The molecule has 17 heavy (non-hydrogen) atoms. The van der Waals surface area contributed by atoms with Crippen molar-refractivity contribution in [2.75, 3.05) is 0 Å². The van der Waals surface area contributed by atoms with Crippen molar-refractivity contribution in [3.05, 3.63) is 23.8 Å². The first-order valence-corrected chi connectivity index (χ1v) is 5.03. The van der Waals surface area contributed by atoms with Crippen LogP contribution in [0.25, 0.3) is 22.3 Å². The second kappa shape index (κ2) is 2.73. The summed E-state index contributed by atoms with van der Waals surface area (Å²) >= 11 is 0. The lowest BCUT2D eigenvalue weighted by Gasteiger charge is -2.02. The minimum Gasteiger partial charge on any atom is -0.188 e.